The second-order valence-electron chi connectivity index (χ2n) is 6.25. The van der Waals surface area contributed by atoms with Crippen molar-refractivity contribution in [3.8, 4) is 11.5 Å². The van der Waals surface area contributed by atoms with Crippen molar-refractivity contribution < 1.29 is 28.5 Å². The molecule has 0 radical (unpaired) electrons. The lowest BCUT2D eigenvalue weighted by atomic mass is 9.77. The zero-order valence-electron chi connectivity index (χ0n) is 15.7. The van der Waals surface area contributed by atoms with E-state index < -0.39 is 11.9 Å². The molecule has 0 saturated heterocycles. The molecule has 1 aliphatic heterocycles. The summed E-state index contributed by atoms with van der Waals surface area (Å²) in [5.74, 6) is 0.185. The Bertz CT molecular complexity index is 839. The van der Waals surface area contributed by atoms with Crippen molar-refractivity contribution in [3.05, 3.63) is 46.6 Å². The minimum Gasteiger partial charge on any atom is -0.497 e. The molecule has 0 amide bonds. The van der Waals surface area contributed by atoms with Gasteiger partial charge in [0.15, 0.2) is 5.78 Å². The monoisotopic (exact) mass is 373 g/mol. The maximum Gasteiger partial charge on any atom is 0.340 e. The molecule has 3 rings (SSSR count). The number of ether oxygens (including phenoxy) is 4. The van der Waals surface area contributed by atoms with E-state index in [-0.39, 0.29) is 23.8 Å². The van der Waals surface area contributed by atoms with Crippen LogP contribution >= 0.6 is 0 Å². The number of methoxy groups -OCH3 is 2. The highest BCUT2D eigenvalue weighted by Gasteiger charge is 2.42. The highest BCUT2D eigenvalue weighted by molar-refractivity contribution is 6.03. The predicted molar refractivity (Wildman–Crippen MR) is 97.1 cm³/mol. The fraction of sp³-hybridized carbons (Fsp3) is 0.400. The van der Waals surface area contributed by atoms with Crippen molar-refractivity contribution >= 4 is 11.8 Å². The number of hydrogen-bond donors (Lipinski definition) is 1. The van der Waals surface area contributed by atoms with Gasteiger partial charge in [-0.1, -0.05) is 6.07 Å². The van der Waals surface area contributed by atoms with Crippen LogP contribution in [0.4, 0.5) is 0 Å². The van der Waals surface area contributed by atoms with Crippen LogP contribution in [0.25, 0.3) is 0 Å². The first-order valence-corrected chi connectivity index (χ1v) is 8.84. The summed E-state index contributed by atoms with van der Waals surface area (Å²) in [6.45, 7) is 1.89. The minimum absolute atomic E-state index is 0.0372. The quantitative estimate of drug-likeness (QED) is 0.792. The Morgan fingerprint density at radius 3 is 2.70 bits per heavy atom. The van der Waals surface area contributed by atoms with Crippen LogP contribution in [0.1, 0.15) is 37.7 Å². The van der Waals surface area contributed by atoms with Gasteiger partial charge in [0.25, 0.3) is 0 Å². The van der Waals surface area contributed by atoms with Gasteiger partial charge in [-0.25, -0.2) is 4.79 Å². The van der Waals surface area contributed by atoms with Crippen molar-refractivity contribution in [2.24, 2.45) is 5.73 Å². The number of carbonyl (C=O) groups excluding carboxylic acids is 2. The zero-order valence-corrected chi connectivity index (χ0v) is 15.7. The van der Waals surface area contributed by atoms with E-state index in [1.807, 2.05) is 0 Å². The molecule has 1 heterocycles. The van der Waals surface area contributed by atoms with Crippen LogP contribution in [0, 0.1) is 0 Å². The van der Waals surface area contributed by atoms with Crippen LogP contribution in [0.15, 0.2) is 41.0 Å². The molecule has 0 unspecified atom stereocenters. The lowest BCUT2D eigenvalue weighted by Crippen LogP contribution is -2.31. The molecule has 7 heteroatoms. The van der Waals surface area contributed by atoms with E-state index in [9.17, 15) is 9.59 Å². The van der Waals surface area contributed by atoms with E-state index in [1.165, 1.54) is 7.11 Å². The van der Waals surface area contributed by atoms with Crippen molar-refractivity contribution in [1.82, 2.24) is 0 Å². The number of nitrogens with two attached hydrogens (primary N) is 1. The first-order chi connectivity index (χ1) is 13.0. The Morgan fingerprint density at radius 2 is 2.04 bits per heavy atom. The Balaban J connectivity index is 2.21. The Kier molecular flexibility index (Phi) is 5.39. The van der Waals surface area contributed by atoms with Gasteiger partial charge >= 0.3 is 5.97 Å². The van der Waals surface area contributed by atoms with E-state index in [4.69, 9.17) is 24.7 Å². The van der Waals surface area contributed by atoms with Crippen molar-refractivity contribution in [3.63, 3.8) is 0 Å². The van der Waals surface area contributed by atoms with Gasteiger partial charge in [-0.15, -0.1) is 0 Å². The molecule has 0 saturated carbocycles. The summed E-state index contributed by atoms with van der Waals surface area (Å²) in [6, 6.07) is 5.23. The number of esters is 1. The fourth-order valence-corrected chi connectivity index (χ4v) is 3.53. The number of allylic oxidation sites excluding steroid dienone is 2. The highest BCUT2D eigenvalue weighted by Crippen LogP contribution is 2.47. The van der Waals surface area contributed by atoms with Crippen molar-refractivity contribution in [1.29, 1.82) is 0 Å². The summed E-state index contributed by atoms with van der Waals surface area (Å²) in [5, 5.41) is 0. The molecule has 1 aromatic carbocycles. The molecule has 7 nitrogen and oxygen atoms in total. The van der Waals surface area contributed by atoms with Crippen LogP contribution in [0.2, 0.25) is 0 Å². The van der Waals surface area contributed by atoms with Gasteiger partial charge in [-0.05, 0) is 19.4 Å². The molecule has 27 heavy (non-hydrogen) atoms. The number of hydrogen-bond acceptors (Lipinski definition) is 7. The number of ketones is 1. The van der Waals surface area contributed by atoms with E-state index in [1.54, 1.807) is 32.2 Å². The van der Waals surface area contributed by atoms with E-state index in [0.717, 1.165) is 0 Å². The average Bonchev–Trinajstić information content (AvgIpc) is 2.66. The molecule has 0 bridgehead atoms. The molecule has 2 N–H and O–H groups in total. The molecule has 0 spiro atoms. The third kappa shape index (κ3) is 3.37. The standard InChI is InChI=1S/C20H23NO6/c1-4-26-20(23)18-16(12-9-8-11(24-2)10-15(12)25-3)17-13(22)6-5-7-14(17)27-19(18)21/h8-10,16H,4-7,21H2,1-3H3/t16-/m0/s1. The largest absolute Gasteiger partial charge is 0.497 e. The van der Waals surface area contributed by atoms with E-state index in [0.29, 0.717) is 47.7 Å². The highest BCUT2D eigenvalue weighted by atomic mass is 16.5. The Hall–Kier alpha value is -2.96. The van der Waals surface area contributed by atoms with Gasteiger partial charge in [0.05, 0.1) is 26.7 Å². The van der Waals surface area contributed by atoms with Crippen molar-refractivity contribution in [2.45, 2.75) is 32.1 Å². The second-order valence-corrected chi connectivity index (χ2v) is 6.25. The summed E-state index contributed by atoms with van der Waals surface area (Å²) in [5.41, 5.74) is 7.28. The van der Waals surface area contributed by atoms with Crippen LogP contribution < -0.4 is 15.2 Å². The first kappa shape index (κ1) is 18.8. The van der Waals surface area contributed by atoms with Crippen LogP contribution in [-0.4, -0.2) is 32.6 Å². The van der Waals surface area contributed by atoms with Crippen LogP contribution in [-0.2, 0) is 19.1 Å². The lowest BCUT2D eigenvalue weighted by molar-refractivity contribution is -0.139. The van der Waals surface area contributed by atoms with Gasteiger partial charge in [0.2, 0.25) is 5.88 Å². The van der Waals surface area contributed by atoms with Gasteiger partial charge in [-0.2, -0.15) is 0 Å². The summed E-state index contributed by atoms with van der Waals surface area (Å²) in [4.78, 5) is 25.4. The third-order valence-electron chi connectivity index (χ3n) is 4.73. The first-order valence-electron chi connectivity index (χ1n) is 8.84. The fourth-order valence-electron chi connectivity index (χ4n) is 3.53. The molecule has 1 aliphatic carbocycles. The van der Waals surface area contributed by atoms with Crippen LogP contribution in [0.5, 0.6) is 11.5 Å². The van der Waals surface area contributed by atoms with Crippen molar-refractivity contribution in [2.75, 3.05) is 20.8 Å². The molecule has 0 aromatic heterocycles. The Labute approximate surface area is 157 Å². The second kappa shape index (κ2) is 7.73. The minimum atomic E-state index is -0.707. The number of carbonyl (C=O) groups is 2. The number of Topliss-reactive ketones (excluding diaryl/α,β-unsaturated/α-hetero) is 1. The maximum atomic E-state index is 12.7. The molecule has 2 aliphatic rings. The molecule has 1 aromatic rings. The summed E-state index contributed by atoms with van der Waals surface area (Å²) in [7, 11) is 3.07. The molecule has 0 fully saturated rings. The third-order valence-corrected chi connectivity index (χ3v) is 4.73. The SMILES string of the molecule is CCOC(=O)C1=C(N)OC2=C(C(=O)CCC2)[C@@H]1c1ccc(OC)cc1OC. The van der Waals surface area contributed by atoms with Gasteiger partial charge in [0, 0.05) is 30.0 Å². The zero-order chi connectivity index (χ0) is 19.6. The molecule has 1 atom stereocenters. The predicted octanol–water partition coefficient (Wildman–Crippen LogP) is 2.56. The van der Waals surface area contributed by atoms with E-state index >= 15 is 0 Å². The summed E-state index contributed by atoms with van der Waals surface area (Å²) < 4.78 is 21.6. The number of benzene rings is 1. The lowest BCUT2D eigenvalue weighted by Gasteiger charge is -2.33. The Morgan fingerprint density at radius 1 is 1.26 bits per heavy atom. The topological polar surface area (TPSA) is 97.1 Å². The maximum absolute atomic E-state index is 12.7. The van der Waals surface area contributed by atoms with Gasteiger partial charge in [0.1, 0.15) is 22.8 Å². The van der Waals surface area contributed by atoms with E-state index in [2.05, 4.69) is 0 Å². The molecule has 144 valence electrons. The summed E-state index contributed by atoms with van der Waals surface area (Å²) >= 11 is 0. The summed E-state index contributed by atoms with van der Waals surface area (Å²) in [6.07, 6.45) is 1.67. The molecular weight excluding hydrogens is 350 g/mol. The number of rotatable bonds is 5. The average molecular weight is 373 g/mol. The normalized spacial score (nSPS) is 19.4. The van der Waals surface area contributed by atoms with Gasteiger partial charge < -0.3 is 24.7 Å². The molecular formula is C20H23NO6. The van der Waals surface area contributed by atoms with Gasteiger partial charge in [-0.3, -0.25) is 4.79 Å². The van der Waals surface area contributed by atoms with Crippen LogP contribution in [0.3, 0.4) is 0 Å². The smallest absolute Gasteiger partial charge is 0.340 e.